The van der Waals surface area contributed by atoms with E-state index in [1.807, 2.05) is 6.08 Å². The molecule has 0 fully saturated rings. The second kappa shape index (κ2) is 52.7. The van der Waals surface area contributed by atoms with Gasteiger partial charge in [-0.25, -0.2) is 0 Å². The molecule has 0 bridgehead atoms. The number of hydrogen-bond acceptors (Lipinski definition) is 6. The Hall–Kier alpha value is -3.93. The van der Waals surface area contributed by atoms with Crippen molar-refractivity contribution in [1.82, 2.24) is 0 Å². The van der Waals surface area contributed by atoms with Gasteiger partial charge in [-0.05, 0) is 96.3 Å². The molecule has 0 rings (SSSR count). The second-order valence-corrected chi connectivity index (χ2v) is 17.1. The first-order chi connectivity index (χ1) is 32.0. The molecule has 0 N–H and O–H groups in total. The number of esters is 3. The molecule has 6 heteroatoms. The van der Waals surface area contributed by atoms with Crippen LogP contribution < -0.4 is 0 Å². The lowest BCUT2D eigenvalue weighted by atomic mass is 10.0. The highest BCUT2D eigenvalue weighted by atomic mass is 16.6. The summed E-state index contributed by atoms with van der Waals surface area (Å²) in [6.07, 6.45) is 70.8. The lowest BCUT2D eigenvalue weighted by molar-refractivity contribution is -0.166. The average molecular weight is 901 g/mol. The van der Waals surface area contributed by atoms with Crippen LogP contribution in [0.4, 0.5) is 0 Å². The quantitative estimate of drug-likeness (QED) is 0.0262. The largest absolute Gasteiger partial charge is 0.462 e. The van der Waals surface area contributed by atoms with Crippen LogP contribution in [-0.2, 0) is 28.6 Å². The lowest BCUT2D eigenvalue weighted by Gasteiger charge is -2.18. The summed E-state index contributed by atoms with van der Waals surface area (Å²) >= 11 is 0. The van der Waals surface area contributed by atoms with E-state index in [2.05, 4.69) is 124 Å². The fourth-order valence-corrected chi connectivity index (χ4v) is 6.83. The monoisotopic (exact) mass is 901 g/mol. The van der Waals surface area contributed by atoms with Gasteiger partial charge < -0.3 is 14.2 Å². The van der Waals surface area contributed by atoms with Crippen molar-refractivity contribution in [3.8, 4) is 0 Å². The van der Waals surface area contributed by atoms with Crippen molar-refractivity contribution in [2.45, 2.75) is 232 Å². The number of allylic oxidation sites excluding steroid dienone is 18. The van der Waals surface area contributed by atoms with Gasteiger partial charge in [0.05, 0.1) is 0 Å². The van der Waals surface area contributed by atoms with E-state index in [-0.39, 0.29) is 37.5 Å². The molecule has 0 aromatic rings. The van der Waals surface area contributed by atoms with Crippen LogP contribution in [0.1, 0.15) is 226 Å². The van der Waals surface area contributed by atoms with Crippen LogP contribution in [0, 0.1) is 0 Å². The minimum atomic E-state index is -0.824. The molecule has 0 unspecified atom stereocenters. The van der Waals surface area contributed by atoms with Crippen molar-refractivity contribution in [3.05, 3.63) is 109 Å². The molecular formula is C59H96O6. The standard InChI is InChI=1S/C59H96O6/c1-4-7-10-13-16-19-22-25-27-28-29-30-32-35-37-40-43-46-49-52-58(61)64-55-56(65-59(62)53-50-47-44-41-38-33-24-21-18-15-12-9-6-3)54-63-57(60)51-48-45-42-39-36-34-31-26-23-20-17-14-11-8-5-2/h8,11,16-17,19-20,25-27,29-31,35-37,39,43,46,56H,4-7,9-10,12-15,18,21-24,28,32-34,38,40-42,44-45,47-55H2,1-3H3/b11-8-,19-16-,20-17-,27-25-,30-29-,31-26-,37-35-,39-36-,46-43-/t56-/m1/s1. The minimum Gasteiger partial charge on any atom is -0.462 e. The number of hydrogen-bond donors (Lipinski definition) is 0. The first-order valence-electron chi connectivity index (χ1n) is 26.4. The van der Waals surface area contributed by atoms with Crippen molar-refractivity contribution in [1.29, 1.82) is 0 Å². The van der Waals surface area contributed by atoms with Crippen molar-refractivity contribution in [2.24, 2.45) is 0 Å². The van der Waals surface area contributed by atoms with Crippen LogP contribution in [0.2, 0.25) is 0 Å². The summed E-state index contributed by atoms with van der Waals surface area (Å²) in [6.45, 7) is 6.38. The normalized spacial score (nSPS) is 13.0. The maximum absolute atomic E-state index is 12.8. The molecule has 0 aliphatic heterocycles. The summed E-state index contributed by atoms with van der Waals surface area (Å²) in [4.78, 5) is 38.0. The summed E-state index contributed by atoms with van der Waals surface area (Å²) in [5.74, 6) is -1.05. The molecule has 0 aliphatic rings. The Morgan fingerprint density at radius 3 is 1.06 bits per heavy atom. The van der Waals surface area contributed by atoms with Gasteiger partial charge in [-0.2, -0.15) is 0 Å². The predicted octanol–water partition coefficient (Wildman–Crippen LogP) is 17.5. The molecular weight excluding hydrogens is 805 g/mol. The number of ether oxygens (including phenoxy) is 3. The van der Waals surface area contributed by atoms with Crippen molar-refractivity contribution >= 4 is 17.9 Å². The third-order valence-corrected chi connectivity index (χ3v) is 10.8. The van der Waals surface area contributed by atoms with E-state index in [0.717, 1.165) is 83.5 Å². The van der Waals surface area contributed by atoms with Gasteiger partial charge in [-0.15, -0.1) is 0 Å². The highest BCUT2D eigenvalue weighted by molar-refractivity contribution is 5.71. The molecule has 65 heavy (non-hydrogen) atoms. The third kappa shape index (κ3) is 50.9. The SMILES string of the molecule is CC/C=C\C/C=C\C/C=C\C/C=C\CCCCC(=O)OC[C@H](COC(=O)CC/C=C\C/C=C\C/C=C\C/C=C\C/C=C\CCCCC)OC(=O)CCCCCCCCCCCCCCC. The van der Waals surface area contributed by atoms with Crippen LogP contribution in [0.15, 0.2) is 109 Å². The molecule has 0 aromatic heterocycles. The molecule has 0 heterocycles. The van der Waals surface area contributed by atoms with Crippen molar-refractivity contribution in [3.63, 3.8) is 0 Å². The summed E-state index contributed by atoms with van der Waals surface area (Å²) in [5, 5.41) is 0. The van der Waals surface area contributed by atoms with Gasteiger partial charge in [-0.1, -0.05) is 220 Å². The Bertz CT molecular complexity index is 1360. The van der Waals surface area contributed by atoms with E-state index in [1.165, 1.54) is 89.9 Å². The molecule has 6 nitrogen and oxygen atoms in total. The molecule has 0 aromatic carbocycles. The summed E-state index contributed by atoms with van der Waals surface area (Å²) in [6, 6.07) is 0. The zero-order valence-corrected chi connectivity index (χ0v) is 42.0. The summed E-state index contributed by atoms with van der Waals surface area (Å²) in [7, 11) is 0. The van der Waals surface area contributed by atoms with Gasteiger partial charge in [-0.3, -0.25) is 14.4 Å². The van der Waals surface area contributed by atoms with E-state index < -0.39 is 6.10 Å². The van der Waals surface area contributed by atoms with Gasteiger partial charge in [0, 0.05) is 19.3 Å². The fourth-order valence-electron chi connectivity index (χ4n) is 6.83. The highest BCUT2D eigenvalue weighted by Crippen LogP contribution is 2.14. The third-order valence-electron chi connectivity index (χ3n) is 10.8. The van der Waals surface area contributed by atoms with E-state index in [0.29, 0.717) is 25.7 Å². The smallest absolute Gasteiger partial charge is 0.306 e. The Labute approximate surface area is 400 Å². The number of carbonyl (C=O) groups excluding carboxylic acids is 3. The Morgan fingerprint density at radius 2 is 0.631 bits per heavy atom. The average Bonchev–Trinajstić information content (AvgIpc) is 3.30. The fraction of sp³-hybridized carbons (Fsp3) is 0.644. The second-order valence-electron chi connectivity index (χ2n) is 17.1. The Balaban J connectivity index is 4.56. The highest BCUT2D eigenvalue weighted by Gasteiger charge is 2.19. The first kappa shape index (κ1) is 61.1. The van der Waals surface area contributed by atoms with Gasteiger partial charge in [0.1, 0.15) is 13.2 Å². The van der Waals surface area contributed by atoms with E-state index in [9.17, 15) is 14.4 Å². The summed E-state index contributed by atoms with van der Waals surface area (Å²) < 4.78 is 16.7. The molecule has 0 radical (unpaired) electrons. The van der Waals surface area contributed by atoms with Crippen LogP contribution in [0.5, 0.6) is 0 Å². The van der Waals surface area contributed by atoms with Gasteiger partial charge in [0.15, 0.2) is 6.10 Å². The molecule has 0 saturated carbocycles. The van der Waals surface area contributed by atoms with Crippen LogP contribution in [0.25, 0.3) is 0 Å². The van der Waals surface area contributed by atoms with Crippen molar-refractivity contribution < 1.29 is 28.6 Å². The predicted molar refractivity (Wildman–Crippen MR) is 279 cm³/mol. The Kier molecular flexibility index (Phi) is 49.5. The van der Waals surface area contributed by atoms with E-state index in [4.69, 9.17) is 14.2 Å². The molecule has 0 spiro atoms. The minimum absolute atomic E-state index is 0.123. The topological polar surface area (TPSA) is 78.9 Å². The Morgan fingerprint density at radius 1 is 0.323 bits per heavy atom. The lowest BCUT2D eigenvalue weighted by Crippen LogP contribution is -2.30. The van der Waals surface area contributed by atoms with Gasteiger partial charge >= 0.3 is 17.9 Å². The van der Waals surface area contributed by atoms with E-state index >= 15 is 0 Å². The first-order valence-corrected chi connectivity index (χ1v) is 26.4. The molecule has 0 aliphatic carbocycles. The van der Waals surface area contributed by atoms with Crippen LogP contribution in [0.3, 0.4) is 0 Å². The molecule has 368 valence electrons. The number of unbranched alkanes of at least 4 members (excludes halogenated alkanes) is 17. The molecule has 0 saturated heterocycles. The molecule has 0 amide bonds. The maximum Gasteiger partial charge on any atom is 0.306 e. The van der Waals surface area contributed by atoms with Crippen LogP contribution >= 0.6 is 0 Å². The van der Waals surface area contributed by atoms with Crippen LogP contribution in [-0.4, -0.2) is 37.2 Å². The number of carbonyl (C=O) groups is 3. The molecule has 1 atom stereocenters. The van der Waals surface area contributed by atoms with Gasteiger partial charge in [0.2, 0.25) is 0 Å². The van der Waals surface area contributed by atoms with Gasteiger partial charge in [0.25, 0.3) is 0 Å². The maximum atomic E-state index is 12.8. The zero-order chi connectivity index (χ0) is 47.2. The zero-order valence-electron chi connectivity index (χ0n) is 42.0. The van der Waals surface area contributed by atoms with E-state index in [1.54, 1.807) is 0 Å². The number of rotatable bonds is 46. The van der Waals surface area contributed by atoms with Crippen molar-refractivity contribution in [2.75, 3.05) is 13.2 Å². The summed E-state index contributed by atoms with van der Waals surface area (Å²) in [5.41, 5.74) is 0.